The molecule has 0 bridgehead atoms. The fourth-order valence-corrected chi connectivity index (χ4v) is 10.4. The number of carbonyl (C=O) groups excluding carboxylic acids is 1. The predicted octanol–water partition coefficient (Wildman–Crippen LogP) is 6.96. The second kappa shape index (κ2) is 13.5. The number of fused-ring (bicyclic) bond motifs is 2. The number of rotatable bonds is 9. The number of nitrogens with zero attached hydrogens (tertiary/aromatic N) is 5. The molecule has 2 aliphatic heterocycles. The second-order valence-electron chi connectivity index (χ2n) is 13.8. The highest BCUT2D eigenvalue weighted by Crippen LogP contribution is 2.57. The van der Waals surface area contributed by atoms with Gasteiger partial charge in [-0.3, -0.25) is 23.0 Å². The van der Waals surface area contributed by atoms with E-state index >= 15 is 0 Å². The Labute approximate surface area is 291 Å². The van der Waals surface area contributed by atoms with Gasteiger partial charge in [0.1, 0.15) is 16.5 Å². The first-order valence-corrected chi connectivity index (χ1v) is 20.2. The first-order chi connectivity index (χ1) is 23.2. The maximum Gasteiger partial charge on any atom is 0.239 e. The second-order valence-corrected chi connectivity index (χ2v) is 18.2. The Morgan fingerprint density at radius 2 is 1.90 bits per heavy atom. The zero-order chi connectivity index (χ0) is 35.3. The third-order valence-electron chi connectivity index (χ3n) is 10.1. The van der Waals surface area contributed by atoms with Crippen LogP contribution in [0.25, 0.3) is 11.0 Å². The Morgan fingerprint density at radius 3 is 2.59 bits per heavy atom. The van der Waals surface area contributed by atoms with Crippen molar-refractivity contribution in [2.75, 3.05) is 18.1 Å². The summed E-state index contributed by atoms with van der Waals surface area (Å²) in [5, 5.41) is 12.0. The molecule has 0 spiro atoms. The van der Waals surface area contributed by atoms with Crippen LogP contribution in [-0.4, -0.2) is 78.6 Å². The Kier molecular flexibility index (Phi) is 9.78. The molecular formula is C35H48N6O6S2. The monoisotopic (exact) mass is 712 g/mol. The summed E-state index contributed by atoms with van der Waals surface area (Å²) in [5.41, 5.74) is 5.30. The van der Waals surface area contributed by atoms with Gasteiger partial charge in [-0.1, -0.05) is 50.3 Å². The summed E-state index contributed by atoms with van der Waals surface area (Å²) >= 11 is 0. The molecule has 6 rings (SSSR count). The van der Waals surface area contributed by atoms with Gasteiger partial charge in [0.25, 0.3) is 0 Å². The number of pyridine rings is 1. The van der Waals surface area contributed by atoms with Gasteiger partial charge < -0.3 is 10.1 Å². The normalized spacial score (nSPS) is 22.5. The van der Waals surface area contributed by atoms with Crippen LogP contribution in [0.4, 0.5) is 0 Å². The van der Waals surface area contributed by atoms with Gasteiger partial charge in [0.05, 0.1) is 23.2 Å². The summed E-state index contributed by atoms with van der Waals surface area (Å²) in [6.07, 6.45) is 2.47. The number of carbonyl (C=O) groups is 1. The van der Waals surface area contributed by atoms with E-state index < -0.39 is 32.7 Å². The number of amides is 1. The molecule has 0 aliphatic carbocycles. The average Bonchev–Trinajstić information content (AvgIpc) is 3.62. The molecule has 0 radical (unpaired) electrons. The van der Waals surface area contributed by atoms with E-state index in [4.69, 9.17) is 4.74 Å². The number of nitrogens with one attached hydrogen (secondary N) is 1. The van der Waals surface area contributed by atoms with Gasteiger partial charge in [-0.05, 0) is 79.6 Å². The molecule has 12 nitrogen and oxygen atoms in total. The Hall–Kier alpha value is -3.24. The van der Waals surface area contributed by atoms with Crippen LogP contribution in [0.5, 0.6) is 5.88 Å². The molecule has 266 valence electrons. The average molecular weight is 713 g/mol. The lowest BCUT2D eigenvalue weighted by Crippen LogP contribution is -2.46. The number of aromatic nitrogens is 4. The largest absolute Gasteiger partial charge is 0.472 e. The Bertz CT molecular complexity index is 1860. The molecule has 2 aromatic heterocycles. The van der Waals surface area contributed by atoms with Gasteiger partial charge in [0.2, 0.25) is 11.8 Å². The van der Waals surface area contributed by atoms with Crippen LogP contribution in [0, 0.1) is 19.3 Å². The fourth-order valence-electron chi connectivity index (χ4n) is 7.09. The standard InChI is InChI=1S/C35H48N6O6S2/c1-7-27-20-40(49(45,46)30-10-9-16-36-33(30)47-27)19-25-18-24(12-11-22(25)3)31(28-13-14-29-32(23(28)4)38-39-41(29)8-2)35(5,6)34(42)37-26-15-17-48(43,44)21-26/h9-14,16,18,26-27,31,43-46H,7-8,15,17,19-21H2,1-6H3,(H,37,42)/t26?,27?,31-/m0/s1. The molecule has 0 saturated carbocycles. The summed E-state index contributed by atoms with van der Waals surface area (Å²) in [6, 6.07) is 13.2. The molecule has 2 unspecified atom stereocenters. The van der Waals surface area contributed by atoms with E-state index in [1.807, 2.05) is 64.4 Å². The van der Waals surface area contributed by atoms with Crippen LogP contribution in [0.1, 0.15) is 74.3 Å². The van der Waals surface area contributed by atoms with Crippen molar-refractivity contribution >= 4 is 38.3 Å². The van der Waals surface area contributed by atoms with Gasteiger partial charge in [-0.25, -0.2) is 9.67 Å². The molecular weight excluding hydrogens is 665 g/mol. The van der Waals surface area contributed by atoms with Crippen molar-refractivity contribution in [1.29, 1.82) is 0 Å². The number of aryl methyl sites for hydroxylation is 3. The van der Waals surface area contributed by atoms with Gasteiger partial charge in [-0.2, -0.15) is 14.9 Å². The van der Waals surface area contributed by atoms with E-state index in [-0.39, 0.29) is 46.9 Å². The smallest absolute Gasteiger partial charge is 0.239 e. The molecule has 2 aromatic carbocycles. The van der Waals surface area contributed by atoms with Gasteiger partial charge in [-0.15, -0.1) is 15.9 Å². The minimum Gasteiger partial charge on any atom is -0.472 e. The van der Waals surface area contributed by atoms with E-state index in [0.29, 0.717) is 25.9 Å². The number of hydrogen-bond donors (Lipinski definition) is 5. The van der Waals surface area contributed by atoms with E-state index in [2.05, 4.69) is 32.7 Å². The van der Waals surface area contributed by atoms with E-state index in [9.17, 15) is 23.0 Å². The lowest BCUT2D eigenvalue weighted by Gasteiger charge is -2.42. The summed E-state index contributed by atoms with van der Waals surface area (Å²) in [4.78, 5) is 18.8. The first kappa shape index (κ1) is 35.6. The van der Waals surface area contributed by atoms with Gasteiger partial charge >= 0.3 is 0 Å². The van der Waals surface area contributed by atoms with Gasteiger partial charge in [0.15, 0.2) is 0 Å². The van der Waals surface area contributed by atoms with Crippen molar-refractivity contribution < 1.29 is 27.7 Å². The van der Waals surface area contributed by atoms with Crippen LogP contribution < -0.4 is 10.1 Å². The minimum absolute atomic E-state index is 0.155. The van der Waals surface area contributed by atoms with Crippen molar-refractivity contribution in [3.8, 4) is 5.88 Å². The number of benzene rings is 2. The van der Waals surface area contributed by atoms with Crippen molar-refractivity contribution in [2.45, 2.75) is 90.4 Å². The molecule has 14 heteroatoms. The maximum absolute atomic E-state index is 14.2. The van der Waals surface area contributed by atoms with Crippen LogP contribution in [0.15, 0.2) is 53.6 Å². The molecule has 3 atom stereocenters. The molecule has 5 N–H and O–H groups in total. The van der Waals surface area contributed by atoms with Crippen LogP contribution in [0.2, 0.25) is 0 Å². The van der Waals surface area contributed by atoms with Crippen LogP contribution >= 0.6 is 21.4 Å². The third kappa shape index (κ3) is 6.79. The summed E-state index contributed by atoms with van der Waals surface area (Å²) in [7, 11) is -6.13. The first-order valence-electron chi connectivity index (χ1n) is 16.8. The molecule has 4 heterocycles. The maximum atomic E-state index is 14.2. The lowest BCUT2D eigenvalue weighted by molar-refractivity contribution is -0.130. The highest BCUT2D eigenvalue weighted by molar-refractivity contribution is 8.24. The number of ether oxygens (including phenoxy) is 1. The molecule has 49 heavy (non-hydrogen) atoms. The molecule has 4 aromatic rings. The molecule has 1 fully saturated rings. The zero-order valence-corrected chi connectivity index (χ0v) is 30.6. The Morgan fingerprint density at radius 1 is 1.12 bits per heavy atom. The zero-order valence-electron chi connectivity index (χ0n) is 29.0. The highest BCUT2D eigenvalue weighted by Gasteiger charge is 2.42. The molecule has 2 aliphatic rings. The SMILES string of the molecule is CCC1CN(Cc2cc([C@@H](c3ccc4c(nnn4CC)c3C)C(C)(C)C(=O)NC3CCS(O)(O)C3)ccc2C)S(O)(O)c2cccnc2O1. The summed E-state index contributed by atoms with van der Waals surface area (Å²) in [5.74, 6) is 0.0528. The van der Waals surface area contributed by atoms with E-state index in [1.54, 1.807) is 22.6 Å². The van der Waals surface area contributed by atoms with E-state index in [1.165, 1.54) is 0 Å². The molecule has 1 saturated heterocycles. The summed E-state index contributed by atoms with van der Waals surface area (Å²) < 4.78 is 53.5. The van der Waals surface area contributed by atoms with Crippen molar-refractivity contribution in [3.05, 3.63) is 76.5 Å². The minimum atomic E-state index is -3.43. The quantitative estimate of drug-likeness (QED) is 0.122. The van der Waals surface area contributed by atoms with Crippen molar-refractivity contribution in [2.24, 2.45) is 5.41 Å². The molecule has 1 amide bonds. The fraction of sp³-hybridized carbons (Fsp3) is 0.486. The lowest BCUT2D eigenvalue weighted by atomic mass is 9.69. The van der Waals surface area contributed by atoms with Gasteiger partial charge in [0, 0.05) is 37.0 Å². The number of hydrogen-bond acceptors (Lipinski definition) is 10. The highest BCUT2D eigenvalue weighted by atomic mass is 32.3. The van der Waals surface area contributed by atoms with Crippen LogP contribution in [-0.2, 0) is 17.9 Å². The Balaban J connectivity index is 1.43. The van der Waals surface area contributed by atoms with Crippen LogP contribution in [0.3, 0.4) is 0 Å². The van der Waals surface area contributed by atoms with Crippen molar-refractivity contribution in [3.63, 3.8) is 0 Å². The summed E-state index contributed by atoms with van der Waals surface area (Å²) in [6.45, 7) is 13.1. The van der Waals surface area contributed by atoms with Crippen molar-refractivity contribution in [1.82, 2.24) is 29.6 Å². The third-order valence-corrected chi connectivity index (χ3v) is 13.8. The van der Waals surface area contributed by atoms with E-state index in [0.717, 1.165) is 38.9 Å². The topological polar surface area (TPSA) is 166 Å². The predicted molar refractivity (Wildman–Crippen MR) is 194 cm³/mol.